The van der Waals surface area contributed by atoms with Crippen LogP contribution in [0.5, 0.6) is 0 Å². The van der Waals surface area contributed by atoms with E-state index in [9.17, 15) is 22.8 Å². The molecule has 0 radical (unpaired) electrons. The Bertz CT molecular complexity index is 470. The summed E-state index contributed by atoms with van der Waals surface area (Å²) in [6.45, 7) is 1.07. The fourth-order valence-electron chi connectivity index (χ4n) is 3.73. The van der Waals surface area contributed by atoms with E-state index >= 15 is 0 Å². The van der Waals surface area contributed by atoms with E-state index in [2.05, 4.69) is 0 Å². The molecule has 5 nitrogen and oxygen atoms in total. The SMILES string of the molecule is CCN(CC(F)(F)F)C(=O)[C@@H]1CCCN(C(=O)[C@@H]2CCC[C@@H]2N)C1. The summed E-state index contributed by atoms with van der Waals surface area (Å²) in [6.07, 6.45) is -0.761. The molecule has 0 aromatic rings. The number of amides is 2. The number of carbonyl (C=O) groups is 2. The highest BCUT2D eigenvalue weighted by Gasteiger charge is 2.39. The Hall–Kier alpha value is -1.31. The predicted molar refractivity (Wildman–Crippen MR) is 82.9 cm³/mol. The van der Waals surface area contributed by atoms with E-state index in [0.717, 1.165) is 24.2 Å². The van der Waals surface area contributed by atoms with Crippen LogP contribution in [0.25, 0.3) is 0 Å². The second-order valence-electron chi connectivity index (χ2n) is 6.79. The molecular weight excluding hydrogens is 323 g/mol. The fourth-order valence-corrected chi connectivity index (χ4v) is 3.73. The van der Waals surface area contributed by atoms with E-state index in [1.807, 2.05) is 0 Å². The van der Waals surface area contributed by atoms with Gasteiger partial charge in [-0.05, 0) is 32.6 Å². The first-order valence-electron chi connectivity index (χ1n) is 8.62. The van der Waals surface area contributed by atoms with Gasteiger partial charge < -0.3 is 15.5 Å². The maximum absolute atomic E-state index is 12.6. The van der Waals surface area contributed by atoms with Gasteiger partial charge in [0.15, 0.2) is 0 Å². The zero-order chi connectivity index (χ0) is 17.9. The molecule has 3 atom stereocenters. The van der Waals surface area contributed by atoms with Gasteiger partial charge in [-0.1, -0.05) is 6.42 Å². The topological polar surface area (TPSA) is 66.6 Å². The van der Waals surface area contributed by atoms with Crippen molar-refractivity contribution in [1.29, 1.82) is 0 Å². The number of carbonyl (C=O) groups excluding carboxylic acids is 2. The summed E-state index contributed by atoms with van der Waals surface area (Å²) in [4.78, 5) is 27.5. The van der Waals surface area contributed by atoms with Crippen molar-refractivity contribution < 1.29 is 22.8 Å². The van der Waals surface area contributed by atoms with Gasteiger partial charge in [-0.3, -0.25) is 9.59 Å². The molecule has 0 aromatic carbocycles. The summed E-state index contributed by atoms with van der Waals surface area (Å²) < 4.78 is 37.8. The van der Waals surface area contributed by atoms with Gasteiger partial charge >= 0.3 is 6.18 Å². The lowest BCUT2D eigenvalue weighted by Crippen LogP contribution is -2.51. The summed E-state index contributed by atoms with van der Waals surface area (Å²) in [5, 5.41) is 0. The number of nitrogens with zero attached hydrogens (tertiary/aromatic N) is 2. The summed E-state index contributed by atoms with van der Waals surface area (Å²) in [5.74, 6) is -1.32. The largest absolute Gasteiger partial charge is 0.406 e. The van der Waals surface area contributed by atoms with Crippen LogP contribution in [-0.2, 0) is 9.59 Å². The first-order chi connectivity index (χ1) is 11.2. The molecule has 1 saturated carbocycles. The van der Waals surface area contributed by atoms with Crippen LogP contribution in [0.1, 0.15) is 39.0 Å². The highest BCUT2D eigenvalue weighted by atomic mass is 19.4. The third-order valence-corrected chi connectivity index (χ3v) is 5.03. The molecular formula is C16H26F3N3O2. The van der Waals surface area contributed by atoms with Crippen LogP contribution in [-0.4, -0.2) is 60.0 Å². The van der Waals surface area contributed by atoms with Crippen molar-refractivity contribution in [3.63, 3.8) is 0 Å². The van der Waals surface area contributed by atoms with Crippen molar-refractivity contribution in [3.8, 4) is 0 Å². The molecule has 1 saturated heterocycles. The molecule has 2 aliphatic rings. The van der Waals surface area contributed by atoms with Crippen molar-refractivity contribution in [2.75, 3.05) is 26.2 Å². The second-order valence-corrected chi connectivity index (χ2v) is 6.79. The highest BCUT2D eigenvalue weighted by molar-refractivity contribution is 5.83. The van der Waals surface area contributed by atoms with Crippen molar-refractivity contribution in [1.82, 2.24) is 9.80 Å². The number of hydrogen-bond acceptors (Lipinski definition) is 3. The number of nitrogens with two attached hydrogens (primary N) is 1. The molecule has 0 unspecified atom stereocenters. The maximum atomic E-state index is 12.6. The molecule has 0 bridgehead atoms. The third-order valence-electron chi connectivity index (χ3n) is 5.03. The first-order valence-corrected chi connectivity index (χ1v) is 8.62. The van der Waals surface area contributed by atoms with Crippen molar-refractivity contribution in [3.05, 3.63) is 0 Å². The molecule has 138 valence electrons. The van der Waals surface area contributed by atoms with E-state index in [1.54, 1.807) is 4.90 Å². The van der Waals surface area contributed by atoms with Crippen LogP contribution < -0.4 is 5.73 Å². The molecule has 1 aliphatic carbocycles. The van der Waals surface area contributed by atoms with E-state index in [4.69, 9.17) is 5.73 Å². The van der Waals surface area contributed by atoms with Gasteiger partial charge in [0.1, 0.15) is 6.54 Å². The fraction of sp³-hybridized carbons (Fsp3) is 0.875. The normalized spacial score (nSPS) is 28.0. The van der Waals surface area contributed by atoms with Crippen LogP contribution >= 0.6 is 0 Å². The van der Waals surface area contributed by atoms with Crippen LogP contribution in [0.2, 0.25) is 0 Å². The molecule has 2 fully saturated rings. The Kier molecular flexibility index (Phi) is 6.11. The number of hydrogen-bond donors (Lipinski definition) is 1. The molecule has 1 heterocycles. The third kappa shape index (κ3) is 4.62. The Labute approximate surface area is 140 Å². The van der Waals surface area contributed by atoms with E-state index in [-0.39, 0.29) is 31.0 Å². The summed E-state index contributed by atoms with van der Waals surface area (Å²) in [6, 6.07) is -0.147. The summed E-state index contributed by atoms with van der Waals surface area (Å²) in [7, 11) is 0. The molecule has 8 heteroatoms. The highest BCUT2D eigenvalue weighted by Crippen LogP contribution is 2.29. The second kappa shape index (κ2) is 7.72. The van der Waals surface area contributed by atoms with Crippen LogP contribution in [0.3, 0.4) is 0 Å². The Morgan fingerprint density at radius 2 is 1.92 bits per heavy atom. The van der Waals surface area contributed by atoms with Gasteiger partial charge in [-0.15, -0.1) is 0 Å². The molecule has 1 aliphatic heterocycles. The minimum atomic E-state index is -4.41. The predicted octanol–water partition coefficient (Wildman–Crippen LogP) is 1.76. The molecule has 24 heavy (non-hydrogen) atoms. The number of rotatable bonds is 4. The average Bonchev–Trinajstić information content (AvgIpc) is 2.96. The molecule has 2 N–H and O–H groups in total. The average molecular weight is 349 g/mol. The van der Waals surface area contributed by atoms with Gasteiger partial charge in [-0.25, -0.2) is 0 Å². The monoisotopic (exact) mass is 349 g/mol. The Balaban J connectivity index is 1.98. The van der Waals surface area contributed by atoms with Crippen LogP contribution in [0, 0.1) is 11.8 Å². The zero-order valence-corrected chi connectivity index (χ0v) is 14.0. The number of halogens is 3. The standard InChI is InChI=1S/C16H26F3N3O2/c1-2-21(10-16(17,18)19)14(23)11-5-4-8-22(9-11)15(24)12-6-3-7-13(12)20/h11-13H,2-10,20H2,1H3/t11-,12-,13+/m1/s1. The van der Waals surface area contributed by atoms with Crippen molar-refractivity contribution >= 4 is 11.8 Å². The quantitative estimate of drug-likeness (QED) is 0.841. The van der Waals surface area contributed by atoms with E-state index in [1.165, 1.54) is 6.92 Å². The molecule has 0 aromatic heterocycles. The summed E-state index contributed by atoms with van der Waals surface area (Å²) in [5.41, 5.74) is 5.97. The van der Waals surface area contributed by atoms with Gasteiger partial charge in [0.2, 0.25) is 11.8 Å². The van der Waals surface area contributed by atoms with Crippen LogP contribution in [0.15, 0.2) is 0 Å². The maximum Gasteiger partial charge on any atom is 0.406 e. The molecule has 0 spiro atoms. The number of alkyl halides is 3. The van der Waals surface area contributed by atoms with Gasteiger partial charge in [0, 0.05) is 25.7 Å². The van der Waals surface area contributed by atoms with Crippen molar-refractivity contribution in [2.24, 2.45) is 17.6 Å². The van der Waals surface area contributed by atoms with Gasteiger partial charge in [0.25, 0.3) is 0 Å². The molecule has 2 amide bonds. The minimum absolute atomic E-state index is 0.0102. The first kappa shape index (κ1) is 19.0. The lowest BCUT2D eigenvalue weighted by molar-refractivity contribution is -0.165. The minimum Gasteiger partial charge on any atom is -0.342 e. The van der Waals surface area contributed by atoms with Crippen molar-refractivity contribution in [2.45, 2.75) is 51.2 Å². The zero-order valence-electron chi connectivity index (χ0n) is 14.0. The lowest BCUT2D eigenvalue weighted by atomic mass is 9.94. The van der Waals surface area contributed by atoms with E-state index in [0.29, 0.717) is 19.4 Å². The Morgan fingerprint density at radius 3 is 2.46 bits per heavy atom. The van der Waals surface area contributed by atoms with Gasteiger partial charge in [0.05, 0.1) is 11.8 Å². The van der Waals surface area contributed by atoms with Crippen LogP contribution in [0.4, 0.5) is 13.2 Å². The summed E-state index contributed by atoms with van der Waals surface area (Å²) >= 11 is 0. The number of piperidine rings is 1. The Morgan fingerprint density at radius 1 is 1.21 bits per heavy atom. The lowest BCUT2D eigenvalue weighted by Gasteiger charge is -2.36. The van der Waals surface area contributed by atoms with Gasteiger partial charge in [-0.2, -0.15) is 13.2 Å². The van der Waals surface area contributed by atoms with E-state index < -0.39 is 24.5 Å². The molecule has 2 rings (SSSR count). The smallest absolute Gasteiger partial charge is 0.342 e. The number of likely N-dealkylation sites (tertiary alicyclic amines) is 1.